The number of methoxy groups -OCH3 is 1. The Morgan fingerprint density at radius 2 is 2.17 bits per heavy atom. The minimum absolute atomic E-state index is 0.187. The molecule has 1 atom stereocenters. The van der Waals surface area contributed by atoms with Crippen LogP contribution in [0.3, 0.4) is 0 Å². The largest absolute Gasteiger partial charge is 0.467 e. The fraction of sp³-hybridized carbons (Fsp3) is 0.533. The number of hydrogen-bond acceptors (Lipinski definition) is 3. The Balaban J connectivity index is 2.62. The number of unbranched alkanes of at least 4 members (excludes halogenated alkanes) is 2. The highest BCUT2D eigenvalue weighted by Crippen LogP contribution is 2.14. The van der Waals surface area contributed by atoms with Gasteiger partial charge < -0.3 is 10.1 Å². The summed E-state index contributed by atoms with van der Waals surface area (Å²) in [4.78, 5) is 11.7. The van der Waals surface area contributed by atoms with Gasteiger partial charge in [-0.25, -0.2) is 4.79 Å². The fourth-order valence-corrected chi connectivity index (χ4v) is 1.93. The highest BCUT2D eigenvalue weighted by molar-refractivity contribution is 5.79. The van der Waals surface area contributed by atoms with Gasteiger partial charge in [0.15, 0.2) is 0 Å². The quantitative estimate of drug-likeness (QED) is 0.593. The molecule has 0 saturated heterocycles. The van der Waals surface area contributed by atoms with Gasteiger partial charge in [-0.2, -0.15) is 0 Å². The predicted molar refractivity (Wildman–Crippen MR) is 74.7 cm³/mol. The number of esters is 1. The zero-order valence-electron chi connectivity index (χ0n) is 11.5. The van der Waals surface area contributed by atoms with Gasteiger partial charge in [-0.1, -0.05) is 38.3 Å². The van der Waals surface area contributed by atoms with Crippen LogP contribution in [0.1, 0.15) is 38.2 Å². The SMILES string of the molecule is CCCCCC(Nc1cccc(C)c1)C(=O)OC. The van der Waals surface area contributed by atoms with Crippen LogP contribution in [-0.2, 0) is 9.53 Å². The molecule has 0 bridgehead atoms. The first-order valence-electron chi connectivity index (χ1n) is 6.58. The molecule has 1 aromatic rings. The van der Waals surface area contributed by atoms with E-state index in [4.69, 9.17) is 4.74 Å². The van der Waals surface area contributed by atoms with Crippen molar-refractivity contribution >= 4 is 11.7 Å². The Kier molecular flexibility index (Phi) is 6.26. The normalized spacial score (nSPS) is 11.9. The van der Waals surface area contributed by atoms with Crippen LogP contribution in [0.15, 0.2) is 24.3 Å². The number of nitrogens with one attached hydrogen (secondary N) is 1. The summed E-state index contributed by atoms with van der Waals surface area (Å²) in [6.45, 7) is 4.19. The lowest BCUT2D eigenvalue weighted by atomic mass is 10.1. The van der Waals surface area contributed by atoms with Crippen molar-refractivity contribution in [2.45, 2.75) is 45.6 Å². The van der Waals surface area contributed by atoms with Gasteiger partial charge in [0, 0.05) is 5.69 Å². The molecule has 1 aromatic carbocycles. The topological polar surface area (TPSA) is 38.3 Å². The van der Waals surface area contributed by atoms with Crippen molar-refractivity contribution in [2.24, 2.45) is 0 Å². The first kappa shape index (κ1) is 14.6. The maximum atomic E-state index is 11.7. The van der Waals surface area contributed by atoms with E-state index in [1.54, 1.807) is 0 Å². The Morgan fingerprint density at radius 1 is 1.39 bits per heavy atom. The van der Waals surface area contributed by atoms with Crippen LogP contribution in [-0.4, -0.2) is 19.1 Å². The van der Waals surface area contributed by atoms with E-state index in [2.05, 4.69) is 12.2 Å². The molecular weight excluding hydrogens is 226 g/mol. The number of ether oxygens (including phenoxy) is 1. The summed E-state index contributed by atoms with van der Waals surface area (Å²) in [7, 11) is 1.44. The summed E-state index contributed by atoms with van der Waals surface area (Å²) in [5, 5.41) is 3.25. The van der Waals surface area contributed by atoms with Gasteiger partial charge >= 0.3 is 5.97 Å². The molecule has 0 aliphatic carbocycles. The molecule has 0 fully saturated rings. The van der Waals surface area contributed by atoms with Crippen LogP contribution in [0, 0.1) is 6.92 Å². The van der Waals surface area contributed by atoms with Gasteiger partial charge in [0.2, 0.25) is 0 Å². The van der Waals surface area contributed by atoms with Crippen LogP contribution in [0.5, 0.6) is 0 Å². The molecule has 0 aromatic heterocycles. The van der Waals surface area contributed by atoms with Gasteiger partial charge in [0.1, 0.15) is 6.04 Å². The van der Waals surface area contributed by atoms with Crippen molar-refractivity contribution in [1.29, 1.82) is 0 Å². The predicted octanol–water partition coefficient (Wildman–Crippen LogP) is 3.53. The number of hydrogen-bond donors (Lipinski definition) is 1. The summed E-state index contributed by atoms with van der Waals surface area (Å²) in [6, 6.07) is 7.79. The summed E-state index contributed by atoms with van der Waals surface area (Å²) >= 11 is 0. The highest BCUT2D eigenvalue weighted by Gasteiger charge is 2.18. The third-order valence-corrected chi connectivity index (χ3v) is 2.94. The number of rotatable bonds is 7. The molecule has 1 N–H and O–H groups in total. The molecule has 1 unspecified atom stereocenters. The first-order chi connectivity index (χ1) is 8.67. The molecule has 3 nitrogen and oxygen atoms in total. The zero-order chi connectivity index (χ0) is 13.4. The van der Waals surface area contributed by atoms with E-state index in [1.165, 1.54) is 12.7 Å². The first-order valence-corrected chi connectivity index (χ1v) is 6.58. The van der Waals surface area contributed by atoms with E-state index in [0.717, 1.165) is 31.4 Å². The van der Waals surface area contributed by atoms with E-state index >= 15 is 0 Å². The second kappa shape index (κ2) is 7.75. The molecule has 3 heteroatoms. The molecule has 0 heterocycles. The smallest absolute Gasteiger partial charge is 0.328 e. The van der Waals surface area contributed by atoms with Gasteiger partial charge in [0.25, 0.3) is 0 Å². The third kappa shape index (κ3) is 4.78. The molecule has 100 valence electrons. The Morgan fingerprint density at radius 3 is 2.78 bits per heavy atom. The molecule has 0 aliphatic heterocycles. The lowest BCUT2D eigenvalue weighted by Gasteiger charge is -2.17. The van der Waals surface area contributed by atoms with Crippen LogP contribution in [0.2, 0.25) is 0 Å². The zero-order valence-corrected chi connectivity index (χ0v) is 11.5. The molecule has 0 saturated carbocycles. The lowest BCUT2D eigenvalue weighted by molar-refractivity contribution is -0.141. The number of aryl methyl sites for hydroxylation is 1. The van der Waals surface area contributed by atoms with Gasteiger partial charge in [-0.05, 0) is 31.0 Å². The second-order valence-corrected chi connectivity index (χ2v) is 4.59. The number of anilines is 1. The van der Waals surface area contributed by atoms with E-state index in [0.29, 0.717) is 0 Å². The maximum Gasteiger partial charge on any atom is 0.328 e. The molecule has 0 radical (unpaired) electrons. The summed E-state index contributed by atoms with van der Waals surface area (Å²) < 4.78 is 4.84. The highest BCUT2D eigenvalue weighted by atomic mass is 16.5. The van der Waals surface area contributed by atoms with Gasteiger partial charge in [-0.3, -0.25) is 0 Å². The number of carbonyl (C=O) groups excluding carboxylic acids is 1. The molecule has 0 aliphatic rings. The van der Waals surface area contributed by atoms with Crippen LogP contribution in [0.25, 0.3) is 0 Å². The lowest BCUT2D eigenvalue weighted by Crippen LogP contribution is -2.30. The monoisotopic (exact) mass is 249 g/mol. The van der Waals surface area contributed by atoms with Crippen molar-refractivity contribution in [3.8, 4) is 0 Å². The van der Waals surface area contributed by atoms with Crippen molar-refractivity contribution in [3.63, 3.8) is 0 Å². The fourth-order valence-electron chi connectivity index (χ4n) is 1.93. The Labute approximate surface area is 110 Å². The van der Waals surface area contributed by atoms with E-state index < -0.39 is 0 Å². The average Bonchev–Trinajstić information content (AvgIpc) is 2.37. The molecule has 18 heavy (non-hydrogen) atoms. The van der Waals surface area contributed by atoms with Crippen molar-refractivity contribution < 1.29 is 9.53 Å². The molecular formula is C15H23NO2. The van der Waals surface area contributed by atoms with Crippen molar-refractivity contribution in [1.82, 2.24) is 0 Å². The van der Waals surface area contributed by atoms with Gasteiger partial charge in [0.05, 0.1) is 7.11 Å². The van der Waals surface area contributed by atoms with E-state index in [-0.39, 0.29) is 12.0 Å². The molecule has 0 spiro atoms. The molecule has 1 rings (SSSR count). The summed E-state index contributed by atoms with van der Waals surface area (Å²) in [5.41, 5.74) is 2.15. The Bertz CT molecular complexity index is 377. The minimum atomic E-state index is -0.247. The van der Waals surface area contributed by atoms with Crippen molar-refractivity contribution in [3.05, 3.63) is 29.8 Å². The van der Waals surface area contributed by atoms with E-state index in [1.807, 2.05) is 31.2 Å². The summed E-state index contributed by atoms with van der Waals surface area (Å²) in [6.07, 6.45) is 4.14. The van der Waals surface area contributed by atoms with Crippen LogP contribution >= 0.6 is 0 Å². The average molecular weight is 249 g/mol. The standard InChI is InChI=1S/C15H23NO2/c1-4-5-6-10-14(15(17)18-3)16-13-9-7-8-12(2)11-13/h7-9,11,14,16H,4-6,10H2,1-3H3. The Hall–Kier alpha value is -1.51. The van der Waals surface area contributed by atoms with E-state index in [9.17, 15) is 4.79 Å². The number of benzene rings is 1. The number of carbonyl (C=O) groups is 1. The van der Waals surface area contributed by atoms with Gasteiger partial charge in [-0.15, -0.1) is 0 Å². The molecule has 0 amide bonds. The van der Waals surface area contributed by atoms with Crippen LogP contribution < -0.4 is 5.32 Å². The third-order valence-electron chi connectivity index (χ3n) is 2.94. The minimum Gasteiger partial charge on any atom is -0.467 e. The second-order valence-electron chi connectivity index (χ2n) is 4.59. The maximum absolute atomic E-state index is 11.7. The summed E-state index contributed by atoms with van der Waals surface area (Å²) in [5.74, 6) is -0.187. The van der Waals surface area contributed by atoms with Crippen LogP contribution in [0.4, 0.5) is 5.69 Å². The van der Waals surface area contributed by atoms with Crippen molar-refractivity contribution in [2.75, 3.05) is 12.4 Å².